The number of rotatable bonds is 9. The first-order chi connectivity index (χ1) is 17.6. The molecule has 1 aliphatic heterocycles. The monoisotopic (exact) mass is 503 g/mol. The third-order valence-corrected chi connectivity index (χ3v) is 6.82. The van der Waals surface area contributed by atoms with Crippen LogP contribution in [0.3, 0.4) is 0 Å². The molecule has 1 fully saturated rings. The Bertz CT molecular complexity index is 1210. The zero-order chi connectivity index (χ0) is 25.3. The summed E-state index contributed by atoms with van der Waals surface area (Å²) < 4.78 is 10.9. The molecule has 0 bridgehead atoms. The quantitative estimate of drug-likeness (QED) is 0.429. The number of anilines is 1. The molecule has 186 valence electrons. The van der Waals surface area contributed by atoms with Gasteiger partial charge in [-0.3, -0.25) is 14.5 Å². The predicted octanol–water partition coefficient (Wildman–Crippen LogP) is 5.30. The molecule has 36 heavy (non-hydrogen) atoms. The highest BCUT2D eigenvalue weighted by Crippen LogP contribution is 2.32. The number of hydrogen-bond acceptors (Lipinski definition) is 6. The number of carbonyl (C=O) groups is 2. The number of benzene rings is 3. The number of hydrogen-bond donors (Lipinski definition) is 1. The van der Waals surface area contributed by atoms with Crippen LogP contribution in [0.1, 0.15) is 18.9 Å². The van der Waals surface area contributed by atoms with Gasteiger partial charge in [0, 0.05) is 13.0 Å². The summed E-state index contributed by atoms with van der Waals surface area (Å²) in [6.07, 6.45) is 0.774. The molecule has 7 nitrogen and oxygen atoms in total. The smallest absolute Gasteiger partial charge is 0.238 e. The standard InChI is InChI=1S/C28H29N3O4S/c1-3-35-22-15-13-21(14-16-22)29-28-31(18-17-20-9-5-4-6-10-20)26(32)19-25(36-28)27(33)30-23-11-7-8-12-24(23)34-2/h4-16,25H,3,17-19H2,1-2H3,(H,30,33)/t25-/m1/s1. The van der Waals surface area contributed by atoms with E-state index in [1.165, 1.54) is 11.8 Å². The van der Waals surface area contributed by atoms with Gasteiger partial charge in [-0.25, -0.2) is 4.99 Å². The summed E-state index contributed by atoms with van der Waals surface area (Å²) >= 11 is 1.30. The molecule has 8 heteroatoms. The molecule has 1 N–H and O–H groups in total. The van der Waals surface area contributed by atoms with Crippen molar-refractivity contribution in [1.82, 2.24) is 4.90 Å². The molecule has 1 atom stereocenters. The van der Waals surface area contributed by atoms with Crippen molar-refractivity contribution in [1.29, 1.82) is 0 Å². The summed E-state index contributed by atoms with van der Waals surface area (Å²) in [5.41, 5.74) is 2.38. The first-order valence-electron chi connectivity index (χ1n) is 11.8. The minimum absolute atomic E-state index is 0.0860. The maximum absolute atomic E-state index is 13.3. The summed E-state index contributed by atoms with van der Waals surface area (Å²) in [7, 11) is 1.55. The lowest BCUT2D eigenvalue weighted by Crippen LogP contribution is -2.46. The fourth-order valence-electron chi connectivity index (χ4n) is 3.80. The number of ether oxygens (including phenoxy) is 2. The van der Waals surface area contributed by atoms with Crippen molar-refractivity contribution in [2.24, 2.45) is 4.99 Å². The van der Waals surface area contributed by atoms with Crippen LogP contribution in [0.25, 0.3) is 0 Å². The number of thioether (sulfide) groups is 1. The van der Waals surface area contributed by atoms with Crippen molar-refractivity contribution in [3.8, 4) is 11.5 Å². The second kappa shape index (κ2) is 12.3. The fourth-order valence-corrected chi connectivity index (χ4v) is 4.93. The second-order valence-corrected chi connectivity index (χ2v) is 9.27. The third-order valence-electron chi connectivity index (χ3n) is 5.64. The Hall–Kier alpha value is -3.78. The van der Waals surface area contributed by atoms with Gasteiger partial charge in [-0.1, -0.05) is 54.2 Å². The van der Waals surface area contributed by atoms with E-state index in [2.05, 4.69) is 5.32 Å². The third kappa shape index (κ3) is 6.46. The van der Waals surface area contributed by atoms with Gasteiger partial charge in [-0.2, -0.15) is 0 Å². The van der Waals surface area contributed by atoms with E-state index in [1.807, 2.05) is 73.7 Å². The largest absolute Gasteiger partial charge is 0.495 e. The molecule has 1 aliphatic rings. The lowest BCUT2D eigenvalue weighted by atomic mass is 10.1. The van der Waals surface area contributed by atoms with Crippen LogP contribution >= 0.6 is 11.8 Å². The molecule has 0 spiro atoms. The number of amides is 2. The molecule has 0 aliphatic carbocycles. The predicted molar refractivity (Wildman–Crippen MR) is 144 cm³/mol. The molecular formula is C28H29N3O4S. The topological polar surface area (TPSA) is 80.2 Å². The average Bonchev–Trinajstić information content (AvgIpc) is 2.90. The van der Waals surface area contributed by atoms with Crippen LogP contribution in [0.15, 0.2) is 83.9 Å². The van der Waals surface area contributed by atoms with Crippen molar-refractivity contribution >= 4 is 40.1 Å². The Balaban J connectivity index is 1.56. The average molecular weight is 504 g/mol. The van der Waals surface area contributed by atoms with Crippen molar-refractivity contribution in [3.05, 3.63) is 84.4 Å². The van der Waals surface area contributed by atoms with Crippen molar-refractivity contribution in [3.63, 3.8) is 0 Å². The lowest BCUT2D eigenvalue weighted by molar-refractivity contribution is -0.129. The first-order valence-corrected chi connectivity index (χ1v) is 12.7. The van der Waals surface area contributed by atoms with Crippen molar-refractivity contribution < 1.29 is 19.1 Å². The van der Waals surface area contributed by atoms with Gasteiger partial charge in [0.2, 0.25) is 11.8 Å². The van der Waals surface area contributed by atoms with Gasteiger partial charge < -0.3 is 14.8 Å². The molecule has 0 aromatic heterocycles. The molecule has 4 rings (SSSR count). The zero-order valence-corrected chi connectivity index (χ0v) is 21.2. The van der Waals surface area contributed by atoms with Crippen LogP contribution in [0.4, 0.5) is 11.4 Å². The highest BCUT2D eigenvalue weighted by Gasteiger charge is 2.36. The molecule has 3 aromatic carbocycles. The first kappa shape index (κ1) is 25.3. The molecule has 3 aromatic rings. The Morgan fingerprint density at radius 1 is 1.06 bits per heavy atom. The van der Waals surface area contributed by atoms with Crippen molar-refractivity contribution in [2.45, 2.75) is 25.0 Å². The zero-order valence-electron chi connectivity index (χ0n) is 20.3. The van der Waals surface area contributed by atoms with Crippen LogP contribution in [0.2, 0.25) is 0 Å². The summed E-state index contributed by atoms with van der Waals surface area (Å²) in [4.78, 5) is 32.8. The molecule has 0 radical (unpaired) electrons. The fraction of sp³-hybridized carbons (Fsp3) is 0.250. The van der Waals surface area contributed by atoms with E-state index < -0.39 is 5.25 Å². The number of aliphatic imine (C=N–C) groups is 1. The molecule has 2 amide bonds. The van der Waals surface area contributed by atoms with E-state index >= 15 is 0 Å². The van der Waals surface area contributed by atoms with Gasteiger partial charge in [0.25, 0.3) is 0 Å². The maximum atomic E-state index is 13.3. The highest BCUT2D eigenvalue weighted by molar-refractivity contribution is 8.15. The van der Waals surface area contributed by atoms with Gasteiger partial charge in [0.05, 0.1) is 25.1 Å². The van der Waals surface area contributed by atoms with Crippen molar-refractivity contribution in [2.75, 3.05) is 25.6 Å². The number of nitrogens with one attached hydrogen (secondary N) is 1. The molecule has 0 saturated carbocycles. The SMILES string of the molecule is CCOc1ccc(N=C2S[C@@H](C(=O)Nc3ccccc3OC)CC(=O)N2CCc2ccccc2)cc1. The minimum atomic E-state index is -0.614. The van der Waals surface area contributed by atoms with Gasteiger partial charge in [0.15, 0.2) is 5.17 Å². The Labute approximate surface area is 215 Å². The van der Waals surface area contributed by atoms with Gasteiger partial charge in [0.1, 0.15) is 16.7 Å². The van der Waals surface area contributed by atoms with E-state index in [1.54, 1.807) is 24.1 Å². The Morgan fingerprint density at radius 3 is 2.50 bits per heavy atom. The molecule has 1 saturated heterocycles. The lowest BCUT2D eigenvalue weighted by Gasteiger charge is -2.32. The van der Waals surface area contributed by atoms with Crippen LogP contribution in [0.5, 0.6) is 11.5 Å². The van der Waals surface area contributed by atoms with Gasteiger partial charge >= 0.3 is 0 Å². The van der Waals surface area contributed by atoms with Gasteiger partial charge in [-0.15, -0.1) is 0 Å². The molecule has 0 unspecified atom stereocenters. The van der Waals surface area contributed by atoms with Crippen LogP contribution in [0, 0.1) is 0 Å². The number of methoxy groups -OCH3 is 1. The van der Waals surface area contributed by atoms with E-state index in [0.717, 1.165) is 11.3 Å². The van der Waals surface area contributed by atoms with Crippen LogP contribution in [-0.2, 0) is 16.0 Å². The van der Waals surface area contributed by atoms with Gasteiger partial charge in [-0.05, 0) is 55.3 Å². The number of carbonyl (C=O) groups excluding carboxylic acids is 2. The molecular weight excluding hydrogens is 474 g/mol. The minimum Gasteiger partial charge on any atom is -0.495 e. The Kier molecular flexibility index (Phi) is 8.62. The summed E-state index contributed by atoms with van der Waals surface area (Å²) in [5, 5.41) is 2.80. The van der Waals surface area contributed by atoms with E-state index in [-0.39, 0.29) is 18.2 Å². The number of para-hydroxylation sites is 2. The number of nitrogens with zero attached hydrogens (tertiary/aromatic N) is 2. The molecule has 1 heterocycles. The maximum Gasteiger partial charge on any atom is 0.238 e. The van der Waals surface area contributed by atoms with Crippen LogP contribution < -0.4 is 14.8 Å². The summed E-state index contributed by atoms with van der Waals surface area (Å²) in [6, 6.07) is 24.6. The Morgan fingerprint density at radius 2 is 1.78 bits per heavy atom. The highest BCUT2D eigenvalue weighted by atomic mass is 32.2. The van der Waals surface area contributed by atoms with E-state index in [9.17, 15) is 9.59 Å². The second-order valence-electron chi connectivity index (χ2n) is 8.10. The van der Waals surface area contributed by atoms with E-state index in [4.69, 9.17) is 14.5 Å². The van der Waals surface area contributed by atoms with Crippen LogP contribution in [-0.4, -0.2) is 47.4 Å². The number of amidine groups is 1. The van der Waals surface area contributed by atoms with E-state index in [0.29, 0.717) is 41.9 Å². The summed E-state index contributed by atoms with van der Waals surface area (Å²) in [6.45, 7) is 2.99. The normalized spacial score (nSPS) is 16.6. The summed E-state index contributed by atoms with van der Waals surface area (Å²) in [5.74, 6) is 0.920.